The van der Waals surface area contributed by atoms with Gasteiger partial charge in [-0.05, 0) is 13.8 Å². The quantitative estimate of drug-likeness (QED) is 0.358. The largest absolute Gasteiger partial charge is 0.468 e. The van der Waals surface area contributed by atoms with Crippen LogP contribution in [0, 0.1) is 5.41 Å². The highest BCUT2D eigenvalue weighted by Gasteiger charge is 2.46. The van der Waals surface area contributed by atoms with Gasteiger partial charge in [0.05, 0.1) is 0 Å². The van der Waals surface area contributed by atoms with Crippen LogP contribution < -0.4 is 0 Å². The maximum Gasteiger partial charge on any atom is 0.334 e. The van der Waals surface area contributed by atoms with E-state index in [1.54, 1.807) is 0 Å². The fourth-order valence-corrected chi connectivity index (χ4v) is 0.551. The van der Waals surface area contributed by atoms with Crippen LogP contribution in [-0.2, 0) is 4.74 Å². The number of alkyl halides is 3. The van der Waals surface area contributed by atoms with Gasteiger partial charge in [-0.15, -0.1) is 0 Å². The Labute approximate surface area is 78.0 Å². The predicted octanol–water partition coefficient (Wildman–Crippen LogP) is 2.81. The third-order valence-corrected chi connectivity index (χ3v) is 2.39. The molecule has 0 fully saturated rings. The molecule has 0 saturated heterocycles. The molecular weight excluding hydrogens is 267 g/mol. The second-order valence-electron chi connectivity index (χ2n) is 2.67. The summed E-state index contributed by atoms with van der Waals surface area (Å²) in [6, 6.07) is 0. The van der Waals surface area contributed by atoms with Crippen LogP contribution in [0.25, 0.3) is 0 Å². The van der Waals surface area contributed by atoms with Crippen LogP contribution in [0.15, 0.2) is 0 Å². The van der Waals surface area contributed by atoms with Crippen LogP contribution in [0.5, 0.6) is 0 Å². The van der Waals surface area contributed by atoms with Gasteiger partial charge in [0.1, 0.15) is 0 Å². The third kappa shape index (κ3) is 3.31. The Morgan fingerprint density at radius 1 is 1.45 bits per heavy atom. The second kappa shape index (κ2) is 3.20. The summed E-state index contributed by atoms with van der Waals surface area (Å²) in [6.45, 7) is 3.82. The van der Waals surface area contributed by atoms with Crippen molar-refractivity contribution >= 4 is 28.5 Å². The lowest BCUT2D eigenvalue weighted by Crippen LogP contribution is -2.41. The van der Waals surface area contributed by atoms with E-state index in [0.717, 1.165) is 22.6 Å². The average Bonchev–Trinajstić information content (AvgIpc) is 1.56. The molecule has 0 rings (SSSR count). The number of halogens is 3. The van der Waals surface area contributed by atoms with Gasteiger partial charge in [0.2, 0.25) is 0 Å². The van der Waals surface area contributed by atoms with Crippen LogP contribution in [0.3, 0.4) is 0 Å². The Balaban J connectivity index is 4.34. The van der Waals surface area contributed by atoms with Crippen molar-refractivity contribution in [3.05, 3.63) is 0 Å². The van der Waals surface area contributed by atoms with Crippen molar-refractivity contribution in [2.75, 3.05) is 0 Å². The Morgan fingerprint density at radius 2 is 1.82 bits per heavy atom. The van der Waals surface area contributed by atoms with Gasteiger partial charge in [-0.2, -0.15) is 8.78 Å². The molecule has 2 nitrogen and oxygen atoms in total. The van der Waals surface area contributed by atoms with Crippen molar-refractivity contribution in [1.82, 2.24) is 0 Å². The van der Waals surface area contributed by atoms with E-state index in [0.29, 0.717) is 0 Å². The molecule has 5 heteroatoms. The minimum Gasteiger partial charge on any atom is -0.468 e. The molecule has 1 N–H and O–H groups in total. The molecule has 0 aliphatic carbocycles. The maximum absolute atomic E-state index is 12.6. The molecule has 0 bridgehead atoms. The van der Waals surface area contributed by atoms with Gasteiger partial charge in [0.15, 0.2) is 11.5 Å². The average molecular weight is 277 g/mol. The van der Waals surface area contributed by atoms with Gasteiger partial charge in [-0.1, -0.05) is 0 Å². The Kier molecular flexibility index (Phi) is 3.22. The summed E-state index contributed by atoms with van der Waals surface area (Å²) in [5.74, 6) is -0.202. The summed E-state index contributed by atoms with van der Waals surface area (Å²) in [4.78, 5) is 0. The van der Waals surface area contributed by atoms with Crippen molar-refractivity contribution in [2.45, 2.75) is 30.3 Å². The van der Waals surface area contributed by atoms with Gasteiger partial charge in [0, 0.05) is 29.5 Å². The lowest BCUT2D eigenvalue weighted by Gasteiger charge is -2.29. The van der Waals surface area contributed by atoms with Gasteiger partial charge in [-0.3, -0.25) is 5.41 Å². The molecule has 0 spiro atoms. The molecule has 11 heavy (non-hydrogen) atoms. The lowest BCUT2D eigenvalue weighted by atomic mass is 10.1. The van der Waals surface area contributed by atoms with Gasteiger partial charge < -0.3 is 4.74 Å². The van der Waals surface area contributed by atoms with E-state index in [1.807, 2.05) is 0 Å². The fraction of sp³-hybridized carbons (Fsp3) is 0.833. The van der Waals surface area contributed by atoms with E-state index in [1.165, 1.54) is 20.8 Å². The smallest absolute Gasteiger partial charge is 0.334 e. The molecule has 0 unspecified atom stereocenters. The monoisotopic (exact) mass is 277 g/mol. The molecule has 0 aromatic heterocycles. The number of hydrogen-bond acceptors (Lipinski definition) is 2. The first-order valence-corrected chi connectivity index (χ1v) is 4.05. The summed E-state index contributed by atoms with van der Waals surface area (Å²) >= 11 is 0.998. The first kappa shape index (κ1) is 11.1. The third-order valence-electron chi connectivity index (χ3n) is 1.09. The van der Waals surface area contributed by atoms with Crippen molar-refractivity contribution < 1.29 is 13.5 Å². The Bertz CT molecular complexity index is 164. The normalized spacial score (nSPS) is 12.9. The molecular formula is C6H10F2INO. The van der Waals surface area contributed by atoms with E-state index in [9.17, 15) is 8.78 Å². The van der Waals surface area contributed by atoms with Crippen LogP contribution >= 0.6 is 22.6 Å². The number of nitrogens with one attached hydrogen (secondary N) is 1. The molecule has 0 aromatic carbocycles. The summed E-state index contributed by atoms with van der Waals surface area (Å²) < 4.78 is 26.9. The molecule has 0 amide bonds. The standard InChI is InChI=1S/C6H10F2INO/c1-4(10)11-5(2,3)6(7,8)9/h10H,1-3H3. The number of ether oxygens (including phenoxy) is 1. The van der Waals surface area contributed by atoms with E-state index in [-0.39, 0.29) is 5.90 Å². The second-order valence-corrected chi connectivity index (χ2v) is 4.02. The highest BCUT2D eigenvalue weighted by molar-refractivity contribution is 14.1. The Hall–Kier alpha value is 0.0600. The van der Waals surface area contributed by atoms with Gasteiger partial charge >= 0.3 is 3.93 Å². The molecule has 66 valence electrons. The minimum atomic E-state index is -2.97. The summed E-state index contributed by atoms with van der Waals surface area (Å²) in [7, 11) is 0. The first-order chi connectivity index (χ1) is 4.67. The molecule has 0 aromatic rings. The minimum absolute atomic E-state index is 0.202. The van der Waals surface area contributed by atoms with Crippen LogP contribution in [0.2, 0.25) is 0 Å². The highest BCUT2D eigenvalue weighted by atomic mass is 127. The molecule has 0 aliphatic rings. The zero-order valence-corrected chi connectivity index (χ0v) is 8.70. The highest BCUT2D eigenvalue weighted by Crippen LogP contribution is 2.37. The van der Waals surface area contributed by atoms with Crippen LogP contribution in [-0.4, -0.2) is 15.4 Å². The molecule has 0 radical (unpaired) electrons. The van der Waals surface area contributed by atoms with Crippen molar-refractivity contribution in [1.29, 1.82) is 5.41 Å². The molecule has 0 saturated carbocycles. The topological polar surface area (TPSA) is 33.1 Å². The number of rotatable bonds is 2. The predicted molar refractivity (Wildman–Crippen MR) is 47.5 cm³/mol. The lowest BCUT2D eigenvalue weighted by molar-refractivity contribution is -0.0736. The fourth-order valence-electron chi connectivity index (χ4n) is 0.441. The van der Waals surface area contributed by atoms with Crippen LogP contribution in [0.4, 0.5) is 8.78 Å². The van der Waals surface area contributed by atoms with Crippen molar-refractivity contribution in [3.63, 3.8) is 0 Å². The molecule has 0 aliphatic heterocycles. The number of hydrogen-bond donors (Lipinski definition) is 1. The summed E-state index contributed by atoms with van der Waals surface area (Å²) in [6.07, 6.45) is 0. The first-order valence-electron chi connectivity index (χ1n) is 2.98. The van der Waals surface area contributed by atoms with E-state index in [2.05, 4.69) is 4.74 Å². The SMILES string of the molecule is CC(=N)OC(C)(C)C(F)(F)I. The Morgan fingerprint density at radius 3 is 1.91 bits per heavy atom. The van der Waals surface area contributed by atoms with E-state index >= 15 is 0 Å². The van der Waals surface area contributed by atoms with E-state index in [4.69, 9.17) is 5.41 Å². The molecule has 0 atom stereocenters. The van der Waals surface area contributed by atoms with Crippen molar-refractivity contribution in [2.24, 2.45) is 0 Å². The summed E-state index contributed by atoms with van der Waals surface area (Å²) in [5.41, 5.74) is -1.61. The summed E-state index contributed by atoms with van der Waals surface area (Å²) in [5, 5.41) is 6.87. The zero-order valence-electron chi connectivity index (χ0n) is 6.54. The molecule has 0 heterocycles. The van der Waals surface area contributed by atoms with Gasteiger partial charge in [0.25, 0.3) is 0 Å². The van der Waals surface area contributed by atoms with Gasteiger partial charge in [-0.25, -0.2) is 0 Å². The zero-order chi connectivity index (χ0) is 9.28. The van der Waals surface area contributed by atoms with E-state index < -0.39 is 9.53 Å². The van der Waals surface area contributed by atoms with Crippen molar-refractivity contribution in [3.8, 4) is 0 Å². The maximum atomic E-state index is 12.6. The van der Waals surface area contributed by atoms with Crippen LogP contribution in [0.1, 0.15) is 20.8 Å².